The van der Waals surface area contributed by atoms with Crippen LogP contribution in [-0.2, 0) is 0 Å². The first kappa shape index (κ1) is 23.4. The van der Waals surface area contributed by atoms with Crippen LogP contribution < -0.4 is 20.4 Å². The maximum absolute atomic E-state index is 13.3. The van der Waals surface area contributed by atoms with Crippen molar-refractivity contribution in [3.8, 4) is 5.75 Å². The van der Waals surface area contributed by atoms with Crippen molar-refractivity contribution in [3.05, 3.63) is 56.7 Å². The fraction of sp³-hybridized carbons (Fsp3) is 0.273. The van der Waals surface area contributed by atoms with Crippen LogP contribution in [0.25, 0.3) is 0 Å². The largest absolute Gasteiger partial charge is 0.495 e. The van der Waals surface area contributed by atoms with Gasteiger partial charge in [-0.1, -0.05) is 15.9 Å². The number of hydrazone groups is 1. The summed E-state index contributed by atoms with van der Waals surface area (Å²) < 4.78 is 20.4. The zero-order chi connectivity index (χ0) is 23.2. The first-order chi connectivity index (χ1) is 16.0. The molecule has 8 nitrogen and oxygen atoms in total. The van der Waals surface area contributed by atoms with Gasteiger partial charge in [0, 0.05) is 28.8 Å². The van der Waals surface area contributed by atoms with Gasteiger partial charge in [-0.25, -0.2) is 9.82 Å². The number of rotatable bonds is 7. The van der Waals surface area contributed by atoms with E-state index in [1.54, 1.807) is 25.5 Å². The smallest absolute Gasteiger partial charge is 0.250 e. The number of aromatic nitrogens is 3. The van der Waals surface area contributed by atoms with Crippen molar-refractivity contribution in [2.75, 3.05) is 35.8 Å². The Balaban J connectivity index is 1.59. The number of benzene rings is 2. The molecule has 2 heterocycles. The molecule has 2 N–H and O–H groups in total. The average molecular weight is 579 g/mol. The number of nitrogens with one attached hydrogen (secondary N) is 2. The molecule has 0 atom stereocenters. The number of hydrogen-bond donors (Lipinski definition) is 2. The second kappa shape index (κ2) is 10.9. The predicted octanol–water partition coefficient (Wildman–Crippen LogP) is 5.72. The topological polar surface area (TPSA) is 87.6 Å². The fourth-order valence-corrected chi connectivity index (χ4v) is 4.84. The van der Waals surface area contributed by atoms with E-state index in [0.717, 1.165) is 40.4 Å². The van der Waals surface area contributed by atoms with Gasteiger partial charge in [0.25, 0.3) is 0 Å². The Labute approximate surface area is 207 Å². The monoisotopic (exact) mass is 577 g/mol. The summed E-state index contributed by atoms with van der Waals surface area (Å²) in [5.41, 5.74) is 4.33. The fourth-order valence-electron chi connectivity index (χ4n) is 3.42. The molecule has 11 heteroatoms. The zero-order valence-corrected chi connectivity index (χ0v) is 21.0. The molecule has 1 aliphatic heterocycles. The van der Waals surface area contributed by atoms with Crippen LogP contribution in [0.15, 0.2) is 50.4 Å². The average Bonchev–Trinajstić information content (AvgIpc) is 2.81. The lowest BCUT2D eigenvalue weighted by atomic mass is 10.1. The molecule has 0 saturated carbocycles. The van der Waals surface area contributed by atoms with E-state index in [1.165, 1.54) is 18.6 Å². The van der Waals surface area contributed by atoms with E-state index < -0.39 is 0 Å². The van der Waals surface area contributed by atoms with Crippen LogP contribution >= 0.6 is 31.9 Å². The summed E-state index contributed by atoms with van der Waals surface area (Å²) in [7, 11) is 1.60. The van der Waals surface area contributed by atoms with Crippen LogP contribution in [0.4, 0.5) is 27.9 Å². The molecule has 33 heavy (non-hydrogen) atoms. The van der Waals surface area contributed by atoms with E-state index in [4.69, 9.17) is 4.74 Å². The molecular formula is C22H22Br2FN7O. The van der Waals surface area contributed by atoms with E-state index in [-0.39, 0.29) is 5.82 Å². The molecule has 0 unspecified atom stereocenters. The minimum atomic E-state index is -0.309. The van der Waals surface area contributed by atoms with Crippen molar-refractivity contribution < 1.29 is 9.13 Å². The molecule has 0 bridgehead atoms. The Kier molecular flexibility index (Phi) is 7.71. The van der Waals surface area contributed by atoms with Gasteiger partial charge < -0.3 is 15.0 Å². The lowest BCUT2D eigenvalue weighted by Crippen LogP contribution is -2.31. The predicted molar refractivity (Wildman–Crippen MR) is 135 cm³/mol. The minimum absolute atomic E-state index is 0.291. The summed E-state index contributed by atoms with van der Waals surface area (Å²) in [5.74, 6) is 1.55. The first-order valence-electron chi connectivity index (χ1n) is 10.4. The molecule has 1 fully saturated rings. The molecule has 0 spiro atoms. The Morgan fingerprint density at radius 3 is 2.48 bits per heavy atom. The summed E-state index contributed by atoms with van der Waals surface area (Å²) >= 11 is 6.96. The minimum Gasteiger partial charge on any atom is -0.495 e. The van der Waals surface area contributed by atoms with Gasteiger partial charge in [-0.2, -0.15) is 20.1 Å². The second-order valence-electron chi connectivity index (χ2n) is 7.34. The van der Waals surface area contributed by atoms with Crippen LogP contribution in [0.2, 0.25) is 0 Å². The molecule has 3 aromatic rings. The van der Waals surface area contributed by atoms with Crippen LogP contribution in [0.3, 0.4) is 0 Å². The van der Waals surface area contributed by atoms with Crippen molar-refractivity contribution in [3.63, 3.8) is 0 Å². The standard InChI is InChI=1S/C22H22Br2FN7O/c1-33-19-14(11-15(23)12-18(19)24)13-26-31-21-28-20(27-17-7-5-16(25)6-8-17)29-22(30-21)32-9-3-2-4-10-32/h5-8,11-13H,2-4,9-10H2,1H3,(H2,27,28,29,30,31)/b26-13-. The van der Waals surface area contributed by atoms with E-state index in [1.807, 2.05) is 12.1 Å². The summed E-state index contributed by atoms with van der Waals surface area (Å²) in [6, 6.07) is 9.80. The van der Waals surface area contributed by atoms with Crippen molar-refractivity contribution in [2.45, 2.75) is 19.3 Å². The van der Waals surface area contributed by atoms with Crippen molar-refractivity contribution >= 4 is 61.6 Å². The molecule has 0 aliphatic carbocycles. The van der Waals surface area contributed by atoms with Gasteiger partial charge in [0.2, 0.25) is 17.8 Å². The number of methoxy groups -OCH3 is 1. The quantitative estimate of drug-likeness (QED) is 0.274. The Morgan fingerprint density at radius 2 is 1.76 bits per heavy atom. The van der Waals surface area contributed by atoms with E-state index in [9.17, 15) is 4.39 Å². The van der Waals surface area contributed by atoms with Crippen molar-refractivity contribution in [1.29, 1.82) is 0 Å². The maximum Gasteiger partial charge on any atom is 0.250 e. The molecule has 1 aromatic heterocycles. The highest BCUT2D eigenvalue weighted by Crippen LogP contribution is 2.31. The number of anilines is 4. The number of halogens is 3. The van der Waals surface area contributed by atoms with Crippen LogP contribution in [0.1, 0.15) is 24.8 Å². The second-order valence-corrected chi connectivity index (χ2v) is 9.11. The highest BCUT2D eigenvalue weighted by Gasteiger charge is 2.16. The van der Waals surface area contributed by atoms with Gasteiger partial charge >= 0.3 is 0 Å². The lowest BCUT2D eigenvalue weighted by Gasteiger charge is -2.26. The van der Waals surface area contributed by atoms with Crippen LogP contribution in [-0.4, -0.2) is 41.4 Å². The molecule has 0 radical (unpaired) electrons. The number of hydrogen-bond acceptors (Lipinski definition) is 8. The highest BCUT2D eigenvalue weighted by atomic mass is 79.9. The van der Waals surface area contributed by atoms with Gasteiger partial charge in [-0.05, 0) is 71.6 Å². The SMILES string of the molecule is COc1c(Br)cc(Br)cc1/C=N\Nc1nc(Nc2ccc(F)cc2)nc(N2CCCCC2)n1. The molecule has 1 aliphatic rings. The normalized spacial score (nSPS) is 13.9. The highest BCUT2D eigenvalue weighted by molar-refractivity contribution is 9.11. The summed E-state index contributed by atoms with van der Waals surface area (Å²) in [4.78, 5) is 15.7. The van der Waals surface area contributed by atoms with Crippen LogP contribution in [0.5, 0.6) is 5.75 Å². The van der Waals surface area contributed by atoms with Gasteiger partial charge in [0.1, 0.15) is 11.6 Å². The van der Waals surface area contributed by atoms with Crippen molar-refractivity contribution in [1.82, 2.24) is 15.0 Å². The Bertz CT molecular complexity index is 1140. The Hall–Kier alpha value is -2.79. The molecule has 4 rings (SSSR count). The van der Waals surface area contributed by atoms with E-state index in [2.05, 4.69) is 67.6 Å². The maximum atomic E-state index is 13.3. The molecule has 0 amide bonds. The molecule has 172 valence electrons. The molecule has 1 saturated heterocycles. The summed E-state index contributed by atoms with van der Waals surface area (Å²) in [5, 5.41) is 7.42. The van der Waals surface area contributed by atoms with Gasteiger partial charge in [-0.15, -0.1) is 0 Å². The van der Waals surface area contributed by atoms with Crippen molar-refractivity contribution in [2.24, 2.45) is 5.10 Å². The third kappa shape index (κ3) is 6.17. The van der Waals surface area contributed by atoms with Gasteiger partial charge in [0.15, 0.2) is 0 Å². The first-order valence-corrected chi connectivity index (χ1v) is 12.0. The van der Waals surface area contributed by atoms with E-state index in [0.29, 0.717) is 29.3 Å². The number of ether oxygens (including phenoxy) is 1. The Morgan fingerprint density at radius 1 is 1.03 bits per heavy atom. The zero-order valence-electron chi connectivity index (χ0n) is 17.9. The summed E-state index contributed by atoms with van der Waals surface area (Å²) in [6.07, 6.45) is 5.00. The van der Waals surface area contributed by atoms with Crippen LogP contribution in [0, 0.1) is 5.82 Å². The van der Waals surface area contributed by atoms with Gasteiger partial charge in [0.05, 0.1) is 17.8 Å². The summed E-state index contributed by atoms with van der Waals surface area (Å²) in [6.45, 7) is 1.76. The lowest BCUT2D eigenvalue weighted by molar-refractivity contribution is 0.411. The third-order valence-corrected chi connectivity index (χ3v) is 6.02. The number of piperidine rings is 1. The molecular weight excluding hydrogens is 557 g/mol. The molecule has 2 aromatic carbocycles. The van der Waals surface area contributed by atoms with Gasteiger partial charge in [-0.3, -0.25) is 0 Å². The number of nitrogens with zero attached hydrogens (tertiary/aromatic N) is 5. The third-order valence-electron chi connectivity index (χ3n) is 4.97. The van der Waals surface area contributed by atoms with E-state index >= 15 is 0 Å².